The van der Waals surface area contributed by atoms with Gasteiger partial charge in [0.2, 0.25) is 0 Å². The fourth-order valence-corrected chi connectivity index (χ4v) is 0.393. The molecule has 4 nitrogen and oxygen atoms in total. The molecule has 0 fully saturated rings. The summed E-state index contributed by atoms with van der Waals surface area (Å²) in [4.78, 5) is 3.39. The molecule has 0 heterocycles. The average molecular weight is 179 g/mol. The van der Waals surface area contributed by atoms with E-state index in [4.69, 9.17) is 11.1 Å². The lowest BCUT2D eigenvalue weighted by molar-refractivity contribution is 0.0754. The predicted octanol–water partition coefficient (Wildman–Crippen LogP) is 0.970. The number of nitrogens with one attached hydrogen (secondary N) is 1. The van der Waals surface area contributed by atoms with E-state index in [0.29, 0.717) is 6.42 Å². The van der Waals surface area contributed by atoms with Gasteiger partial charge >= 0.3 is 0 Å². The molecule has 0 aromatic rings. The molecule has 0 atom stereocenters. The Morgan fingerprint density at radius 2 is 2.25 bits per heavy atom. The van der Waals surface area contributed by atoms with E-state index in [2.05, 4.69) is 9.73 Å². The molecule has 0 saturated carbocycles. The van der Waals surface area contributed by atoms with E-state index in [0.717, 1.165) is 0 Å². The fourth-order valence-electron chi connectivity index (χ4n) is 0.393. The monoisotopic (exact) mass is 179 g/mol. The number of nitrogens with two attached hydrogens (primary N) is 1. The summed E-state index contributed by atoms with van der Waals surface area (Å²) in [6.45, 7) is 0.915. The van der Waals surface area contributed by atoms with E-state index >= 15 is 0 Å². The van der Waals surface area contributed by atoms with Gasteiger partial charge in [0.05, 0.1) is 0 Å². The first kappa shape index (κ1) is 10.8. The molecule has 0 unspecified atom stereocenters. The Hall–Kier alpha value is -1.20. The first-order valence-corrected chi connectivity index (χ1v) is 3.38. The smallest absolute Gasteiger partial charge is 0.288 e. The molecule has 0 aromatic heterocycles. The van der Waals surface area contributed by atoms with Gasteiger partial charge in [-0.2, -0.15) is 4.99 Å². The van der Waals surface area contributed by atoms with Gasteiger partial charge in [-0.15, -0.1) is 0 Å². The summed E-state index contributed by atoms with van der Waals surface area (Å²) in [5.41, 5.74) is 5.05. The highest BCUT2D eigenvalue weighted by Gasteiger charge is 2.03. The zero-order valence-electron chi connectivity index (χ0n) is 6.68. The number of hydrogen-bond donors (Lipinski definition) is 2. The molecule has 0 aliphatic carbocycles. The number of halogens is 2. The molecule has 0 bridgehead atoms. The van der Waals surface area contributed by atoms with Crippen LogP contribution in [0.5, 0.6) is 0 Å². The highest BCUT2D eigenvalue weighted by molar-refractivity contribution is 5.90. The van der Waals surface area contributed by atoms with Crippen molar-refractivity contribution < 1.29 is 13.5 Å². The minimum absolute atomic E-state index is 0.00164. The Morgan fingerprint density at radius 3 is 2.67 bits per heavy atom. The zero-order chi connectivity index (χ0) is 9.56. The molecular weight excluding hydrogens is 168 g/mol. The van der Waals surface area contributed by atoms with Crippen molar-refractivity contribution >= 4 is 11.9 Å². The lowest BCUT2D eigenvalue weighted by Gasteiger charge is -2.02. The number of aliphatic imine (C=N–C) groups is 1. The van der Waals surface area contributed by atoms with Crippen LogP contribution in [0.1, 0.15) is 13.3 Å². The highest BCUT2D eigenvalue weighted by atomic mass is 19.3. The van der Waals surface area contributed by atoms with Crippen LogP contribution in [0, 0.1) is 5.41 Å². The van der Waals surface area contributed by atoms with Crippen molar-refractivity contribution in [3.05, 3.63) is 0 Å². The normalized spacial score (nSPS) is 11.8. The van der Waals surface area contributed by atoms with Crippen molar-refractivity contribution in [2.24, 2.45) is 10.7 Å². The number of rotatable bonds is 3. The van der Waals surface area contributed by atoms with E-state index in [-0.39, 0.29) is 11.9 Å². The molecule has 0 aliphatic heterocycles. The summed E-state index contributed by atoms with van der Waals surface area (Å²) in [5, 5.41) is 7.02. The standard InChI is InChI=1S/C6H11F2N3O/c1-2-5(9)11-6(10)12-3-4(7)8/h4H,2-3H2,1H3,(H3,9,10,11). The van der Waals surface area contributed by atoms with E-state index in [9.17, 15) is 8.78 Å². The molecule has 0 aromatic carbocycles. The summed E-state index contributed by atoms with van der Waals surface area (Å²) < 4.78 is 27.4. The van der Waals surface area contributed by atoms with Crippen molar-refractivity contribution in [1.29, 1.82) is 5.41 Å². The average Bonchev–Trinajstić information content (AvgIpc) is 2.00. The third-order valence-electron chi connectivity index (χ3n) is 0.937. The van der Waals surface area contributed by atoms with Gasteiger partial charge in [0.1, 0.15) is 5.84 Å². The van der Waals surface area contributed by atoms with Gasteiger partial charge in [-0.25, -0.2) is 8.78 Å². The Morgan fingerprint density at radius 1 is 1.67 bits per heavy atom. The molecular formula is C6H11F2N3O. The Labute approximate surface area is 68.9 Å². The quantitative estimate of drug-likeness (QED) is 0.500. The van der Waals surface area contributed by atoms with E-state index in [1.54, 1.807) is 6.92 Å². The maximum Gasteiger partial charge on any atom is 0.288 e. The molecule has 0 aliphatic rings. The summed E-state index contributed by atoms with van der Waals surface area (Å²) in [7, 11) is 0. The Balaban J connectivity index is 3.78. The van der Waals surface area contributed by atoms with Crippen LogP contribution in [0.2, 0.25) is 0 Å². The van der Waals surface area contributed by atoms with Crippen molar-refractivity contribution in [2.75, 3.05) is 6.61 Å². The number of amidine groups is 2. The molecule has 70 valence electrons. The molecule has 0 radical (unpaired) electrons. The molecule has 0 spiro atoms. The lowest BCUT2D eigenvalue weighted by Crippen LogP contribution is -2.21. The van der Waals surface area contributed by atoms with Crippen LogP contribution in [-0.2, 0) is 4.74 Å². The Bertz CT molecular complexity index is 182. The largest absolute Gasteiger partial charge is 0.459 e. The molecule has 6 heteroatoms. The second-order valence-electron chi connectivity index (χ2n) is 1.95. The lowest BCUT2D eigenvalue weighted by atomic mass is 10.5. The topological polar surface area (TPSA) is 71.5 Å². The van der Waals surface area contributed by atoms with Crippen molar-refractivity contribution in [2.45, 2.75) is 19.8 Å². The summed E-state index contributed by atoms with van der Waals surface area (Å²) in [5.74, 6) is 0.00164. The number of nitrogens with zero attached hydrogens (tertiary/aromatic N) is 1. The molecule has 0 amide bonds. The van der Waals surface area contributed by atoms with Crippen LogP contribution in [0.15, 0.2) is 4.99 Å². The first-order chi connectivity index (χ1) is 5.56. The number of alkyl halides is 2. The maximum absolute atomic E-state index is 11.5. The second kappa shape index (κ2) is 5.45. The molecule has 3 N–H and O–H groups in total. The molecule has 12 heavy (non-hydrogen) atoms. The van der Waals surface area contributed by atoms with Gasteiger partial charge in [-0.1, -0.05) is 6.92 Å². The van der Waals surface area contributed by atoms with Crippen LogP contribution in [0.3, 0.4) is 0 Å². The van der Waals surface area contributed by atoms with Crippen LogP contribution in [0.4, 0.5) is 8.78 Å². The highest BCUT2D eigenvalue weighted by Crippen LogP contribution is 1.92. The maximum atomic E-state index is 11.5. The van der Waals surface area contributed by atoms with Crippen LogP contribution in [0.25, 0.3) is 0 Å². The summed E-state index contributed by atoms with van der Waals surface area (Å²) in [6.07, 6.45) is -2.19. The third-order valence-corrected chi connectivity index (χ3v) is 0.937. The van der Waals surface area contributed by atoms with Gasteiger partial charge in [0, 0.05) is 6.42 Å². The number of hydrogen-bond acceptors (Lipinski definition) is 2. The van der Waals surface area contributed by atoms with Gasteiger partial charge in [-0.05, 0) is 0 Å². The van der Waals surface area contributed by atoms with Crippen LogP contribution >= 0.6 is 0 Å². The first-order valence-electron chi connectivity index (χ1n) is 3.38. The SMILES string of the molecule is CCC(=N)N=C(N)OCC(F)F. The van der Waals surface area contributed by atoms with Gasteiger partial charge in [0.25, 0.3) is 12.4 Å². The minimum Gasteiger partial charge on any atom is -0.459 e. The number of ether oxygens (including phenoxy) is 1. The Kier molecular flexibility index (Phi) is 4.91. The molecule has 0 saturated heterocycles. The van der Waals surface area contributed by atoms with Crippen LogP contribution in [-0.4, -0.2) is 24.9 Å². The van der Waals surface area contributed by atoms with E-state index in [1.165, 1.54) is 0 Å². The van der Waals surface area contributed by atoms with E-state index in [1.807, 2.05) is 0 Å². The second-order valence-corrected chi connectivity index (χ2v) is 1.95. The van der Waals surface area contributed by atoms with Crippen LogP contribution < -0.4 is 5.73 Å². The van der Waals surface area contributed by atoms with Gasteiger partial charge in [-0.3, -0.25) is 5.41 Å². The zero-order valence-corrected chi connectivity index (χ0v) is 6.68. The van der Waals surface area contributed by atoms with Gasteiger partial charge in [0.15, 0.2) is 6.61 Å². The van der Waals surface area contributed by atoms with Crippen molar-refractivity contribution in [1.82, 2.24) is 0 Å². The van der Waals surface area contributed by atoms with Crippen molar-refractivity contribution in [3.63, 3.8) is 0 Å². The summed E-state index contributed by atoms with van der Waals surface area (Å²) in [6, 6.07) is -0.387. The third kappa shape index (κ3) is 5.57. The fraction of sp³-hybridized carbons (Fsp3) is 0.667. The van der Waals surface area contributed by atoms with E-state index < -0.39 is 13.0 Å². The predicted molar refractivity (Wildman–Crippen MR) is 41.6 cm³/mol. The van der Waals surface area contributed by atoms with Crippen molar-refractivity contribution in [3.8, 4) is 0 Å². The summed E-state index contributed by atoms with van der Waals surface area (Å²) >= 11 is 0. The molecule has 0 rings (SSSR count). The minimum atomic E-state index is -2.57. The van der Waals surface area contributed by atoms with Gasteiger partial charge < -0.3 is 10.5 Å².